The predicted molar refractivity (Wildman–Crippen MR) is 173 cm³/mol. The molecule has 0 radical (unpaired) electrons. The number of carbonyl (C=O) groups excluding carboxylic acids is 1. The first-order chi connectivity index (χ1) is 20.5. The van der Waals surface area contributed by atoms with Crippen LogP contribution in [0, 0.1) is 5.82 Å². The van der Waals surface area contributed by atoms with Crippen LogP contribution >= 0.6 is 0 Å². The van der Waals surface area contributed by atoms with Gasteiger partial charge in [-0.3, -0.25) is 4.79 Å². The molecule has 1 amide bonds. The van der Waals surface area contributed by atoms with Crippen molar-refractivity contribution in [1.82, 2.24) is 14.9 Å². The Morgan fingerprint density at radius 3 is 2.47 bits per heavy atom. The van der Waals surface area contributed by atoms with Crippen molar-refractivity contribution in [3.8, 4) is 22.8 Å². The second kappa shape index (κ2) is 13.6. The summed E-state index contributed by atoms with van der Waals surface area (Å²) < 4.78 is 21.2. The average Bonchev–Trinajstić information content (AvgIpc) is 2.97. The molecule has 4 rings (SSSR count). The van der Waals surface area contributed by atoms with Crippen LogP contribution < -0.4 is 20.3 Å². The number of hydrogen-bond acceptors (Lipinski definition) is 7. The summed E-state index contributed by atoms with van der Waals surface area (Å²) in [6.45, 7) is 8.10. The van der Waals surface area contributed by atoms with E-state index in [4.69, 9.17) is 4.74 Å². The maximum Gasteiger partial charge on any atom is 0.258 e. The summed E-state index contributed by atoms with van der Waals surface area (Å²) in [5.41, 5.74) is 3.87. The van der Waals surface area contributed by atoms with Crippen LogP contribution in [0.25, 0.3) is 11.1 Å². The van der Waals surface area contributed by atoms with Crippen LogP contribution in [-0.4, -0.2) is 62.1 Å². The fourth-order valence-electron chi connectivity index (χ4n) is 4.65. The number of nitrogens with zero attached hydrogens (tertiary/aromatic N) is 4. The maximum atomic E-state index is 15.1. The summed E-state index contributed by atoms with van der Waals surface area (Å²) in [5, 5.41) is 6.01. The average molecular weight is 585 g/mol. The SMILES string of the molecule is CNc1cc(-c2cccnc2Oc2ccc(F)c(C(=O)Nc3cc(C(C)(C)C)ccc3N(C)CCCN(C)C)c2)ccn1. The molecule has 0 saturated heterocycles. The number of nitrogens with one attached hydrogen (secondary N) is 2. The summed E-state index contributed by atoms with van der Waals surface area (Å²) in [4.78, 5) is 26.5. The molecule has 0 bridgehead atoms. The van der Waals surface area contributed by atoms with Gasteiger partial charge in [0.05, 0.1) is 16.9 Å². The van der Waals surface area contributed by atoms with Crippen molar-refractivity contribution in [2.45, 2.75) is 32.6 Å². The van der Waals surface area contributed by atoms with Crippen molar-refractivity contribution in [2.75, 3.05) is 56.8 Å². The Kier molecular flexibility index (Phi) is 9.98. The zero-order chi connectivity index (χ0) is 31.1. The lowest BCUT2D eigenvalue weighted by molar-refractivity contribution is 0.102. The minimum atomic E-state index is -0.647. The molecule has 2 aromatic carbocycles. The number of carbonyl (C=O) groups is 1. The summed E-state index contributed by atoms with van der Waals surface area (Å²) in [7, 11) is 7.88. The zero-order valence-electron chi connectivity index (χ0n) is 26.0. The first kappa shape index (κ1) is 31.4. The Labute approximate surface area is 253 Å². The van der Waals surface area contributed by atoms with Gasteiger partial charge in [-0.05, 0) is 98.2 Å². The highest BCUT2D eigenvalue weighted by atomic mass is 19.1. The maximum absolute atomic E-state index is 15.1. The Morgan fingerprint density at radius 2 is 1.74 bits per heavy atom. The molecule has 2 N–H and O–H groups in total. The number of rotatable bonds is 11. The number of aromatic nitrogens is 2. The van der Waals surface area contributed by atoms with Crippen LogP contribution in [0.15, 0.2) is 73.1 Å². The van der Waals surface area contributed by atoms with E-state index < -0.39 is 11.7 Å². The van der Waals surface area contributed by atoms with Crippen molar-refractivity contribution in [2.24, 2.45) is 0 Å². The van der Waals surface area contributed by atoms with Gasteiger partial charge in [0.1, 0.15) is 17.4 Å². The van der Waals surface area contributed by atoms with E-state index in [1.165, 1.54) is 18.2 Å². The first-order valence-corrected chi connectivity index (χ1v) is 14.3. The van der Waals surface area contributed by atoms with Gasteiger partial charge in [-0.25, -0.2) is 14.4 Å². The Balaban J connectivity index is 1.62. The van der Waals surface area contributed by atoms with Crippen LogP contribution in [0.5, 0.6) is 11.6 Å². The van der Waals surface area contributed by atoms with Gasteiger partial charge in [-0.15, -0.1) is 0 Å². The molecule has 0 aliphatic heterocycles. The van der Waals surface area contributed by atoms with Gasteiger partial charge in [-0.2, -0.15) is 0 Å². The van der Waals surface area contributed by atoms with Gasteiger partial charge < -0.3 is 25.2 Å². The smallest absolute Gasteiger partial charge is 0.258 e. The quantitative estimate of drug-likeness (QED) is 0.195. The molecule has 0 fully saturated rings. The predicted octanol–water partition coefficient (Wildman–Crippen LogP) is 7.05. The second-order valence-corrected chi connectivity index (χ2v) is 11.8. The van der Waals surface area contributed by atoms with Gasteiger partial charge in [0, 0.05) is 38.6 Å². The van der Waals surface area contributed by atoms with E-state index >= 15 is 4.39 Å². The third-order valence-corrected chi connectivity index (χ3v) is 7.12. The zero-order valence-corrected chi connectivity index (χ0v) is 26.0. The highest BCUT2D eigenvalue weighted by Gasteiger charge is 2.21. The molecule has 43 heavy (non-hydrogen) atoms. The number of amides is 1. The minimum absolute atomic E-state index is 0.126. The van der Waals surface area contributed by atoms with E-state index in [9.17, 15) is 4.79 Å². The van der Waals surface area contributed by atoms with Gasteiger partial charge in [0.2, 0.25) is 5.88 Å². The van der Waals surface area contributed by atoms with E-state index in [0.717, 1.165) is 41.9 Å². The second-order valence-electron chi connectivity index (χ2n) is 11.8. The Morgan fingerprint density at radius 1 is 0.953 bits per heavy atom. The molecule has 0 aliphatic carbocycles. The van der Waals surface area contributed by atoms with Gasteiger partial charge in [0.15, 0.2) is 0 Å². The Bertz CT molecular complexity index is 1570. The number of halogens is 1. The lowest BCUT2D eigenvalue weighted by Gasteiger charge is -2.26. The number of benzene rings is 2. The molecule has 0 saturated carbocycles. The van der Waals surface area contributed by atoms with E-state index in [1.807, 2.05) is 57.5 Å². The number of pyridine rings is 2. The van der Waals surface area contributed by atoms with Crippen molar-refractivity contribution in [3.63, 3.8) is 0 Å². The molecule has 2 heterocycles. The molecule has 8 nitrogen and oxygen atoms in total. The lowest BCUT2D eigenvalue weighted by atomic mass is 9.86. The molecule has 226 valence electrons. The van der Waals surface area contributed by atoms with Crippen LogP contribution in [0.2, 0.25) is 0 Å². The van der Waals surface area contributed by atoms with Crippen molar-refractivity contribution >= 4 is 23.1 Å². The van der Waals surface area contributed by atoms with Gasteiger partial charge in [-0.1, -0.05) is 26.8 Å². The van der Waals surface area contributed by atoms with Crippen LogP contribution in [0.3, 0.4) is 0 Å². The normalized spacial score (nSPS) is 11.4. The fraction of sp³-hybridized carbons (Fsp3) is 0.324. The molecule has 0 aliphatic rings. The molecule has 4 aromatic rings. The lowest BCUT2D eigenvalue weighted by Crippen LogP contribution is -2.25. The first-order valence-electron chi connectivity index (χ1n) is 14.3. The molecular weight excluding hydrogens is 543 g/mol. The summed E-state index contributed by atoms with van der Waals surface area (Å²) in [5.74, 6) is 0.108. The molecule has 9 heteroatoms. The van der Waals surface area contributed by atoms with Crippen LogP contribution in [0.4, 0.5) is 21.6 Å². The van der Waals surface area contributed by atoms with Crippen LogP contribution in [0.1, 0.15) is 43.1 Å². The summed E-state index contributed by atoms with van der Waals surface area (Å²) >= 11 is 0. The molecule has 0 unspecified atom stereocenters. The highest BCUT2D eigenvalue weighted by molar-refractivity contribution is 6.06. The van der Waals surface area contributed by atoms with Crippen molar-refractivity contribution < 1.29 is 13.9 Å². The fourth-order valence-corrected chi connectivity index (χ4v) is 4.65. The molecular formula is C34H41FN6O2. The van der Waals surface area contributed by atoms with Crippen molar-refractivity contribution in [1.29, 1.82) is 0 Å². The molecule has 0 spiro atoms. The number of anilines is 3. The third-order valence-electron chi connectivity index (χ3n) is 7.12. The van der Waals surface area contributed by atoms with E-state index in [2.05, 4.69) is 57.2 Å². The summed E-state index contributed by atoms with van der Waals surface area (Å²) in [6, 6.07) is 17.6. The van der Waals surface area contributed by atoms with Gasteiger partial charge in [0.25, 0.3) is 5.91 Å². The third kappa shape index (κ3) is 8.08. The van der Waals surface area contributed by atoms with Crippen LogP contribution in [-0.2, 0) is 5.41 Å². The topological polar surface area (TPSA) is 82.6 Å². The highest BCUT2D eigenvalue weighted by Crippen LogP contribution is 2.34. The summed E-state index contributed by atoms with van der Waals surface area (Å²) in [6.07, 6.45) is 4.27. The van der Waals surface area contributed by atoms with Gasteiger partial charge >= 0.3 is 0 Å². The van der Waals surface area contributed by atoms with E-state index in [1.54, 1.807) is 19.4 Å². The minimum Gasteiger partial charge on any atom is -0.438 e. The molecule has 2 aromatic heterocycles. The largest absolute Gasteiger partial charge is 0.438 e. The molecule has 0 atom stereocenters. The van der Waals surface area contributed by atoms with Crippen molar-refractivity contribution in [3.05, 3.63) is 90.0 Å². The number of ether oxygens (including phenoxy) is 1. The van der Waals surface area contributed by atoms with E-state index in [0.29, 0.717) is 23.1 Å². The Hall–Kier alpha value is -4.50. The monoisotopic (exact) mass is 584 g/mol. The standard InChI is InChI=1S/C34H41FN6O2/c1-34(2,3)24-11-14-30(41(7)19-9-18-40(5)6)29(21-24)39-32(42)27-22-25(12-13-28(27)35)43-33-26(10-8-16-38-33)23-15-17-37-31(20-23)36-4/h8,10-17,20-22H,9,18-19H2,1-7H3,(H,36,37)(H,39,42). The number of hydrogen-bond donors (Lipinski definition) is 2. The van der Waals surface area contributed by atoms with E-state index in [-0.39, 0.29) is 11.0 Å².